The van der Waals surface area contributed by atoms with E-state index in [-0.39, 0.29) is 12.5 Å². The number of carboxylic acid groups (broad SMARTS) is 1. The Hall–Kier alpha value is -1.39. The third kappa shape index (κ3) is 13.1. The molecule has 0 unspecified atom stereocenters. The number of unbranched alkanes of at least 4 members (excludes halogenated alkanes) is 3. The molecule has 0 saturated carbocycles. The van der Waals surface area contributed by atoms with E-state index >= 15 is 0 Å². The lowest BCUT2D eigenvalue weighted by Gasteiger charge is -2.04. The van der Waals surface area contributed by atoms with Gasteiger partial charge < -0.3 is 5.11 Å². The van der Waals surface area contributed by atoms with Gasteiger partial charge in [0, 0.05) is 6.42 Å². The molecule has 1 atom stereocenters. The van der Waals surface area contributed by atoms with Gasteiger partial charge in [-0.05, 0) is 32.1 Å². The quantitative estimate of drug-likeness (QED) is 0.184. The van der Waals surface area contributed by atoms with E-state index < -0.39 is 5.97 Å². The van der Waals surface area contributed by atoms with Crippen LogP contribution in [0.2, 0.25) is 0 Å². The number of carbonyl (C=O) groups is 1. The maximum atomic E-state index is 10.3. The second kappa shape index (κ2) is 14.0. The average Bonchev–Trinajstić information content (AvgIpc) is 2.43. The number of rotatable bonds is 12. The summed E-state index contributed by atoms with van der Waals surface area (Å²) in [6.07, 6.45) is 16.7. The number of hydrogen-bond donors (Lipinski definition) is 2. The van der Waals surface area contributed by atoms with Crippen molar-refractivity contribution >= 4 is 5.97 Å². The predicted molar refractivity (Wildman–Crippen MR) is 80.6 cm³/mol. The first-order valence-corrected chi connectivity index (χ1v) is 7.21. The van der Waals surface area contributed by atoms with E-state index in [9.17, 15) is 4.79 Å². The Morgan fingerprint density at radius 1 is 1.15 bits per heavy atom. The van der Waals surface area contributed by atoms with Crippen molar-refractivity contribution in [2.75, 3.05) is 0 Å². The molecular weight excluding hydrogens is 256 g/mol. The molecule has 0 saturated heterocycles. The van der Waals surface area contributed by atoms with Crippen LogP contribution in [0, 0.1) is 0 Å². The molecule has 0 fully saturated rings. The Morgan fingerprint density at radius 2 is 1.95 bits per heavy atom. The third-order valence-corrected chi connectivity index (χ3v) is 2.71. The van der Waals surface area contributed by atoms with E-state index in [1.54, 1.807) is 6.08 Å². The Balaban J connectivity index is 3.74. The molecule has 0 aromatic heterocycles. The molecular formula is C16H26O4. The van der Waals surface area contributed by atoms with E-state index in [0.717, 1.165) is 25.7 Å². The van der Waals surface area contributed by atoms with Gasteiger partial charge in [-0.2, -0.15) is 0 Å². The van der Waals surface area contributed by atoms with Crippen molar-refractivity contribution in [1.29, 1.82) is 0 Å². The molecule has 0 amide bonds. The highest BCUT2D eigenvalue weighted by molar-refractivity contribution is 5.66. The molecule has 2 N–H and O–H groups in total. The maximum absolute atomic E-state index is 10.3. The van der Waals surface area contributed by atoms with Gasteiger partial charge in [-0.15, -0.1) is 0 Å². The predicted octanol–water partition coefficient (Wildman–Crippen LogP) is 4.35. The Kier molecular flexibility index (Phi) is 13.1. The molecule has 0 aliphatic heterocycles. The second-order valence-electron chi connectivity index (χ2n) is 4.59. The summed E-state index contributed by atoms with van der Waals surface area (Å²) in [7, 11) is 0. The molecule has 20 heavy (non-hydrogen) atoms. The average molecular weight is 282 g/mol. The summed E-state index contributed by atoms with van der Waals surface area (Å²) in [4.78, 5) is 14.7. The fraction of sp³-hybridized carbons (Fsp3) is 0.562. The molecule has 0 aliphatic carbocycles. The van der Waals surface area contributed by atoms with E-state index in [1.807, 2.05) is 24.3 Å². The van der Waals surface area contributed by atoms with Crippen LogP contribution >= 0.6 is 0 Å². The van der Waals surface area contributed by atoms with Gasteiger partial charge in [0.25, 0.3) is 0 Å². The molecule has 114 valence electrons. The number of carboxylic acids is 1. The highest BCUT2D eigenvalue weighted by Gasteiger charge is 2.00. The summed E-state index contributed by atoms with van der Waals surface area (Å²) in [5, 5.41) is 17.2. The van der Waals surface area contributed by atoms with Crippen LogP contribution < -0.4 is 0 Å². The Bertz CT molecular complexity index is 318. The molecule has 0 aliphatic rings. The largest absolute Gasteiger partial charge is 0.481 e. The van der Waals surface area contributed by atoms with Crippen LogP contribution in [0.25, 0.3) is 0 Å². The molecule has 0 rings (SSSR count). The molecule has 0 radical (unpaired) electrons. The summed E-state index contributed by atoms with van der Waals surface area (Å²) in [5.74, 6) is -0.746. The zero-order valence-electron chi connectivity index (χ0n) is 12.2. The van der Waals surface area contributed by atoms with Crippen LogP contribution in [0.3, 0.4) is 0 Å². The highest BCUT2D eigenvalue weighted by Crippen LogP contribution is 2.04. The number of aliphatic carboxylic acids is 1. The molecule has 0 spiro atoms. The topological polar surface area (TPSA) is 66.8 Å². The van der Waals surface area contributed by atoms with Crippen molar-refractivity contribution in [3.05, 3.63) is 36.5 Å². The van der Waals surface area contributed by atoms with Gasteiger partial charge in [0.15, 0.2) is 0 Å². The number of allylic oxidation sites excluding steroid dienone is 4. The fourth-order valence-corrected chi connectivity index (χ4v) is 1.57. The van der Waals surface area contributed by atoms with Crippen molar-refractivity contribution in [2.24, 2.45) is 0 Å². The van der Waals surface area contributed by atoms with Gasteiger partial charge in [-0.1, -0.05) is 49.8 Å². The molecule has 0 aromatic rings. The lowest BCUT2D eigenvalue weighted by molar-refractivity contribution is -0.264. The lowest BCUT2D eigenvalue weighted by atomic mass is 10.1. The second-order valence-corrected chi connectivity index (χ2v) is 4.59. The van der Waals surface area contributed by atoms with Crippen molar-refractivity contribution < 1.29 is 20.0 Å². The summed E-state index contributed by atoms with van der Waals surface area (Å²) in [6.45, 7) is 2.12. The first kappa shape index (κ1) is 18.6. The Labute approximate surface area is 121 Å². The standard InChI is InChI=1S/C16H26O4/c1-2-3-4-6-9-12-15(20-19)13-10-7-5-8-11-14-16(17)18/h4,6-7,9-10,12,15,19H,2-3,5,8,11,13-14H2,1H3,(H,17,18)/b6-4-,10-7-,12-9+/t15-/m1/s1. The van der Waals surface area contributed by atoms with Gasteiger partial charge >= 0.3 is 5.97 Å². The SMILES string of the molecule is CCC/C=C\C=C\[C@H](C/C=C\CCCCC(=O)O)OO. The van der Waals surface area contributed by atoms with Crippen LogP contribution in [0.4, 0.5) is 0 Å². The van der Waals surface area contributed by atoms with Gasteiger partial charge in [-0.3, -0.25) is 10.1 Å². The van der Waals surface area contributed by atoms with Crippen LogP contribution in [0.1, 0.15) is 51.9 Å². The van der Waals surface area contributed by atoms with E-state index in [4.69, 9.17) is 10.4 Å². The van der Waals surface area contributed by atoms with Crippen LogP contribution in [0.5, 0.6) is 0 Å². The van der Waals surface area contributed by atoms with Crippen LogP contribution in [0.15, 0.2) is 36.5 Å². The zero-order valence-corrected chi connectivity index (χ0v) is 12.2. The normalized spacial score (nSPS) is 13.7. The molecule has 0 heterocycles. The molecule has 0 aromatic carbocycles. The van der Waals surface area contributed by atoms with E-state index in [1.165, 1.54) is 0 Å². The minimum atomic E-state index is -0.746. The zero-order chi connectivity index (χ0) is 15.1. The summed E-state index contributed by atoms with van der Waals surface area (Å²) in [5.41, 5.74) is 0. The van der Waals surface area contributed by atoms with Crippen molar-refractivity contribution in [2.45, 2.75) is 58.0 Å². The van der Waals surface area contributed by atoms with Crippen LogP contribution in [-0.4, -0.2) is 22.4 Å². The van der Waals surface area contributed by atoms with Gasteiger partial charge in [-0.25, -0.2) is 4.89 Å². The van der Waals surface area contributed by atoms with Gasteiger partial charge in [0.05, 0.1) is 0 Å². The monoisotopic (exact) mass is 282 g/mol. The lowest BCUT2D eigenvalue weighted by Crippen LogP contribution is -2.04. The van der Waals surface area contributed by atoms with Gasteiger partial charge in [0.1, 0.15) is 6.10 Å². The highest BCUT2D eigenvalue weighted by atomic mass is 17.1. The Morgan fingerprint density at radius 3 is 2.60 bits per heavy atom. The van der Waals surface area contributed by atoms with Crippen molar-refractivity contribution in [1.82, 2.24) is 0 Å². The van der Waals surface area contributed by atoms with E-state index in [2.05, 4.69) is 17.9 Å². The molecule has 0 bridgehead atoms. The first-order valence-electron chi connectivity index (χ1n) is 7.21. The fourth-order valence-electron chi connectivity index (χ4n) is 1.57. The molecule has 4 nitrogen and oxygen atoms in total. The molecule has 4 heteroatoms. The third-order valence-electron chi connectivity index (χ3n) is 2.71. The summed E-state index contributed by atoms with van der Waals surface area (Å²) in [6, 6.07) is 0. The van der Waals surface area contributed by atoms with Crippen molar-refractivity contribution in [3.63, 3.8) is 0 Å². The summed E-state index contributed by atoms with van der Waals surface area (Å²) < 4.78 is 0. The van der Waals surface area contributed by atoms with Crippen molar-refractivity contribution in [3.8, 4) is 0 Å². The minimum Gasteiger partial charge on any atom is -0.481 e. The minimum absolute atomic E-state index is 0.225. The van der Waals surface area contributed by atoms with Crippen LogP contribution in [-0.2, 0) is 9.68 Å². The van der Waals surface area contributed by atoms with Gasteiger partial charge in [0.2, 0.25) is 0 Å². The summed E-state index contributed by atoms with van der Waals surface area (Å²) >= 11 is 0. The first-order chi connectivity index (χ1) is 9.70. The smallest absolute Gasteiger partial charge is 0.303 e. The maximum Gasteiger partial charge on any atom is 0.303 e. The number of hydrogen-bond acceptors (Lipinski definition) is 3. The van der Waals surface area contributed by atoms with E-state index in [0.29, 0.717) is 12.8 Å².